The zero-order valence-corrected chi connectivity index (χ0v) is 13.7. The maximum absolute atomic E-state index is 4.13. The van der Waals surface area contributed by atoms with Crippen LogP contribution in [0.3, 0.4) is 0 Å². The molecule has 1 unspecified atom stereocenters. The Bertz CT molecular complexity index is 526. The fraction of sp³-hybridized carbons (Fsp3) is 0.533. The lowest BCUT2D eigenvalue weighted by Crippen LogP contribution is -2.24. The number of para-hydroxylation sites is 1. The summed E-state index contributed by atoms with van der Waals surface area (Å²) in [4.78, 5) is 0. The van der Waals surface area contributed by atoms with Crippen LogP contribution < -0.4 is 5.32 Å². The number of thioether (sulfide) groups is 1. The standard InChI is InChI=1S/C15H23N5S/c1-12(2)9-10-16-11-13(3)21-15-17-18-19-20(15)14-7-5-4-6-8-14/h4-8,12-13,16H,9-11H2,1-3H3. The third-order valence-electron chi connectivity index (χ3n) is 3.08. The van der Waals surface area contributed by atoms with Gasteiger partial charge in [0.1, 0.15) is 0 Å². The molecule has 1 N–H and O–H groups in total. The van der Waals surface area contributed by atoms with E-state index in [0.29, 0.717) is 5.25 Å². The molecule has 1 atom stereocenters. The zero-order chi connectivity index (χ0) is 15.1. The lowest BCUT2D eigenvalue weighted by molar-refractivity contribution is 0.538. The third kappa shape index (κ3) is 5.13. The van der Waals surface area contributed by atoms with Gasteiger partial charge in [0.15, 0.2) is 0 Å². The maximum atomic E-state index is 4.13. The predicted octanol–water partition coefficient (Wildman–Crippen LogP) is 2.78. The Morgan fingerprint density at radius 3 is 2.67 bits per heavy atom. The molecule has 0 fully saturated rings. The lowest BCUT2D eigenvalue weighted by atomic mass is 10.1. The smallest absolute Gasteiger partial charge is 0.214 e. The number of tetrazole rings is 1. The fourth-order valence-corrected chi connectivity index (χ4v) is 2.79. The first-order chi connectivity index (χ1) is 10.2. The Labute approximate surface area is 130 Å². The molecule has 114 valence electrons. The SMILES string of the molecule is CC(C)CCNCC(C)Sc1nnnn1-c1ccccc1. The first kappa shape index (κ1) is 16.0. The highest BCUT2D eigenvalue weighted by atomic mass is 32.2. The summed E-state index contributed by atoms with van der Waals surface area (Å²) in [6.45, 7) is 8.70. The molecule has 0 bridgehead atoms. The van der Waals surface area contributed by atoms with Crippen LogP contribution in [0.25, 0.3) is 5.69 Å². The molecule has 0 saturated carbocycles. The van der Waals surface area contributed by atoms with Crippen molar-refractivity contribution in [1.82, 2.24) is 25.5 Å². The Balaban J connectivity index is 1.87. The molecule has 0 aliphatic heterocycles. The molecular formula is C15H23N5S. The normalized spacial score (nSPS) is 12.8. The molecule has 0 saturated heterocycles. The van der Waals surface area contributed by atoms with Crippen LogP contribution in [-0.2, 0) is 0 Å². The Morgan fingerprint density at radius 1 is 1.19 bits per heavy atom. The van der Waals surface area contributed by atoms with Crippen LogP contribution in [0, 0.1) is 5.92 Å². The quantitative estimate of drug-likeness (QED) is 0.600. The second-order valence-electron chi connectivity index (χ2n) is 5.52. The van der Waals surface area contributed by atoms with Crippen LogP contribution in [0.1, 0.15) is 27.2 Å². The van der Waals surface area contributed by atoms with Gasteiger partial charge in [0.05, 0.1) is 5.69 Å². The third-order valence-corrected chi connectivity index (χ3v) is 4.11. The molecule has 21 heavy (non-hydrogen) atoms. The summed E-state index contributed by atoms with van der Waals surface area (Å²) in [6.07, 6.45) is 1.21. The molecule has 0 radical (unpaired) electrons. The van der Waals surface area contributed by atoms with Gasteiger partial charge < -0.3 is 5.32 Å². The number of nitrogens with one attached hydrogen (secondary N) is 1. The highest BCUT2D eigenvalue weighted by Gasteiger charge is 2.12. The van der Waals surface area contributed by atoms with E-state index in [-0.39, 0.29) is 0 Å². The van der Waals surface area contributed by atoms with E-state index in [4.69, 9.17) is 0 Å². The molecule has 0 amide bonds. The lowest BCUT2D eigenvalue weighted by Gasteiger charge is -2.12. The van der Waals surface area contributed by atoms with Gasteiger partial charge in [0.25, 0.3) is 0 Å². The number of rotatable bonds is 8. The molecule has 2 aromatic rings. The number of aromatic nitrogens is 4. The fourth-order valence-electron chi connectivity index (χ4n) is 1.90. The molecular weight excluding hydrogens is 282 g/mol. The Morgan fingerprint density at radius 2 is 1.95 bits per heavy atom. The van der Waals surface area contributed by atoms with Crippen molar-refractivity contribution < 1.29 is 0 Å². The monoisotopic (exact) mass is 305 g/mol. The van der Waals surface area contributed by atoms with Crippen LogP contribution >= 0.6 is 11.8 Å². The minimum absolute atomic E-state index is 0.422. The van der Waals surface area contributed by atoms with Crippen molar-refractivity contribution in [2.24, 2.45) is 5.92 Å². The highest BCUT2D eigenvalue weighted by molar-refractivity contribution is 7.99. The molecule has 0 spiro atoms. The Kier molecular flexibility index (Phi) is 6.20. The van der Waals surface area contributed by atoms with E-state index in [1.54, 1.807) is 16.4 Å². The molecule has 2 rings (SSSR count). The minimum atomic E-state index is 0.422. The van der Waals surface area contributed by atoms with E-state index in [1.807, 2.05) is 30.3 Å². The molecule has 0 aliphatic carbocycles. The summed E-state index contributed by atoms with van der Waals surface area (Å²) in [5, 5.41) is 16.7. The number of nitrogens with zero attached hydrogens (tertiary/aromatic N) is 4. The van der Waals surface area contributed by atoms with Gasteiger partial charge in [-0.2, -0.15) is 4.68 Å². The summed E-state index contributed by atoms with van der Waals surface area (Å²) in [7, 11) is 0. The summed E-state index contributed by atoms with van der Waals surface area (Å²) in [5.41, 5.74) is 0.991. The molecule has 1 heterocycles. The van der Waals surface area contributed by atoms with E-state index >= 15 is 0 Å². The van der Waals surface area contributed by atoms with E-state index in [0.717, 1.165) is 29.9 Å². The van der Waals surface area contributed by atoms with Gasteiger partial charge in [0, 0.05) is 11.8 Å². The molecule has 1 aromatic carbocycles. The van der Waals surface area contributed by atoms with Crippen molar-refractivity contribution in [2.45, 2.75) is 37.6 Å². The van der Waals surface area contributed by atoms with E-state index in [1.165, 1.54) is 6.42 Å². The van der Waals surface area contributed by atoms with Gasteiger partial charge in [-0.15, -0.1) is 5.10 Å². The van der Waals surface area contributed by atoms with Gasteiger partial charge in [-0.05, 0) is 41.4 Å². The van der Waals surface area contributed by atoms with Gasteiger partial charge in [-0.1, -0.05) is 50.7 Å². The van der Waals surface area contributed by atoms with Gasteiger partial charge in [-0.3, -0.25) is 0 Å². The Hall–Kier alpha value is -1.40. The summed E-state index contributed by atoms with van der Waals surface area (Å²) >= 11 is 1.69. The molecule has 1 aromatic heterocycles. The zero-order valence-electron chi connectivity index (χ0n) is 12.9. The highest BCUT2D eigenvalue weighted by Crippen LogP contribution is 2.22. The first-order valence-corrected chi connectivity index (χ1v) is 8.26. The van der Waals surface area contributed by atoms with Crippen molar-refractivity contribution in [3.63, 3.8) is 0 Å². The molecule has 0 aliphatic rings. The van der Waals surface area contributed by atoms with Crippen molar-refractivity contribution >= 4 is 11.8 Å². The molecule has 5 nitrogen and oxygen atoms in total. The summed E-state index contributed by atoms with van der Waals surface area (Å²) < 4.78 is 1.79. The van der Waals surface area contributed by atoms with Gasteiger partial charge in [-0.25, -0.2) is 0 Å². The second-order valence-corrected chi connectivity index (χ2v) is 6.93. The molecule has 6 heteroatoms. The summed E-state index contributed by atoms with van der Waals surface area (Å²) in [5.74, 6) is 0.742. The predicted molar refractivity (Wildman–Crippen MR) is 86.8 cm³/mol. The summed E-state index contributed by atoms with van der Waals surface area (Å²) in [6, 6.07) is 9.98. The van der Waals surface area contributed by atoms with Crippen molar-refractivity contribution in [2.75, 3.05) is 13.1 Å². The van der Waals surface area contributed by atoms with Gasteiger partial charge >= 0.3 is 0 Å². The van der Waals surface area contributed by atoms with Gasteiger partial charge in [0.2, 0.25) is 5.16 Å². The van der Waals surface area contributed by atoms with Crippen LogP contribution in [0.15, 0.2) is 35.5 Å². The number of benzene rings is 1. The van der Waals surface area contributed by atoms with E-state index in [2.05, 4.69) is 41.6 Å². The first-order valence-electron chi connectivity index (χ1n) is 7.38. The number of hydrogen-bond donors (Lipinski definition) is 1. The second kappa shape index (κ2) is 8.14. The van der Waals surface area contributed by atoms with Crippen LogP contribution in [-0.4, -0.2) is 38.5 Å². The average molecular weight is 305 g/mol. The number of hydrogen-bond acceptors (Lipinski definition) is 5. The van der Waals surface area contributed by atoms with E-state index in [9.17, 15) is 0 Å². The average Bonchev–Trinajstić information content (AvgIpc) is 2.92. The van der Waals surface area contributed by atoms with Crippen LogP contribution in [0.2, 0.25) is 0 Å². The van der Waals surface area contributed by atoms with E-state index < -0.39 is 0 Å². The van der Waals surface area contributed by atoms with Crippen LogP contribution in [0.4, 0.5) is 0 Å². The van der Waals surface area contributed by atoms with Crippen molar-refractivity contribution in [1.29, 1.82) is 0 Å². The largest absolute Gasteiger partial charge is 0.316 e. The van der Waals surface area contributed by atoms with Crippen molar-refractivity contribution in [3.05, 3.63) is 30.3 Å². The van der Waals surface area contributed by atoms with Crippen molar-refractivity contribution in [3.8, 4) is 5.69 Å². The van der Waals surface area contributed by atoms with Crippen LogP contribution in [0.5, 0.6) is 0 Å². The maximum Gasteiger partial charge on any atom is 0.214 e. The minimum Gasteiger partial charge on any atom is -0.316 e. The topological polar surface area (TPSA) is 55.6 Å².